The molecule has 0 saturated carbocycles. The van der Waals surface area contributed by atoms with E-state index >= 15 is 0 Å². The molecule has 0 bridgehead atoms. The molecule has 3 saturated heterocycles. The summed E-state index contributed by atoms with van der Waals surface area (Å²) < 4.78 is 11.9. The third-order valence-corrected chi connectivity index (χ3v) is 10.5. The van der Waals surface area contributed by atoms with Crippen LogP contribution in [-0.4, -0.2) is 80.0 Å². The number of likely N-dealkylation sites (tertiary alicyclic amines) is 3. The van der Waals surface area contributed by atoms with Crippen LogP contribution in [0.25, 0.3) is 0 Å². The predicted molar refractivity (Wildman–Crippen MR) is 175 cm³/mol. The molecule has 3 aliphatic heterocycles. The smallest absolute Gasteiger partial charge is 0.229 e. The van der Waals surface area contributed by atoms with E-state index in [0.717, 1.165) is 68.6 Å². The summed E-state index contributed by atoms with van der Waals surface area (Å²) in [6, 6.07) is 24.6. The normalized spacial score (nSPS) is 21.7. The van der Waals surface area contributed by atoms with Crippen LogP contribution in [0.5, 0.6) is 11.5 Å². The van der Waals surface area contributed by atoms with Crippen molar-refractivity contribution in [1.82, 2.24) is 14.7 Å². The lowest BCUT2D eigenvalue weighted by atomic mass is 9.76. The molecule has 44 heavy (non-hydrogen) atoms. The fourth-order valence-corrected chi connectivity index (χ4v) is 7.69. The van der Waals surface area contributed by atoms with Gasteiger partial charge in [-0.05, 0) is 79.2 Å². The number of carbonyl (C=O) groups is 2. The molecule has 3 aromatic carbocycles. The van der Waals surface area contributed by atoms with Crippen LogP contribution in [-0.2, 0) is 22.6 Å². The molecule has 3 heterocycles. The fourth-order valence-electron chi connectivity index (χ4n) is 7.43. The van der Waals surface area contributed by atoms with Crippen molar-refractivity contribution in [3.05, 3.63) is 94.0 Å². The molecule has 232 valence electrons. The van der Waals surface area contributed by atoms with Crippen molar-refractivity contribution >= 4 is 27.7 Å². The van der Waals surface area contributed by atoms with Gasteiger partial charge in [0.1, 0.15) is 0 Å². The Kier molecular flexibility index (Phi) is 9.29. The zero-order valence-corrected chi connectivity index (χ0v) is 27.3. The highest BCUT2D eigenvalue weighted by Gasteiger charge is 2.48. The highest BCUT2D eigenvalue weighted by atomic mass is 79.9. The summed E-state index contributed by atoms with van der Waals surface area (Å²) in [6.45, 7) is 5.78. The molecule has 2 unspecified atom stereocenters. The average Bonchev–Trinajstić information content (AvgIpc) is 3.61. The van der Waals surface area contributed by atoms with Crippen LogP contribution in [0.15, 0.2) is 77.3 Å². The zero-order valence-electron chi connectivity index (χ0n) is 25.7. The second-order valence-electron chi connectivity index (χ2n) is 12.6. The van der Waals surface area contributed by atoms with E-state index in [1.807, 2.05) is 35.2 Å². The summed E-state index contributed by atoms with van der Waals surface area (Å²) in [7, 11) is 3.23. The summed E-state index contributed by atoms with van der Waals surface area (Å²) in [5, 5.41) is 0. The van der Waals surface area contributed by atoms with Gasteiger partial charge in [0.25, 0.3) is 0 Å². The third kappa shape index (κ3) is 6.52. The zero-order chi connectivity index (χ0) is 30.7. The number of amides is 2. The van der Waals surface area contributed by atoms with Crippen molar-refractivity contribution in [2.45, 2.75) is 38.1 Å². The molecule has 0 radical (unpaired) electrons. The lowest BCUT2D eigenvalue weighted by molar-refractivity contribution is -0.139. The molecule has 3 aliphatic rings. The van der Waals surface area contributed by atoms with Crippen LogP contribution >= 0.6 is 15.9 Å². The maximum absolute atomic E-state index is 13.6. The summed E-state index contributed by atoms with van der Waals surface area (Å²) in [4.78, 5) is 33.8. The molecule has 6 rings (SSSR count). The van der Waals surface area contributed by atoms with Crippen molar-refractivity contribution in [3.63, 3.8) is 0 Å². The van der Waals surface area contributed by atoms with Crippen molar-refractivity contribution < 1.29 is 19.1 Å². The van der Waals surface area contributed by atoms with Crippen LogP contribution in [0.2, 0.25) is 0 Å². The van der Waals surface area contributed by atoms with Gasteiger partial charge in [0.2, 0.25) is 11.8 Å². The first-order valence-electron chi connectivity index (χ1n) is 15.7. The van der Waals surface area contributed by atoms with Gasteiger partial charge in [-0.3, -0.25) is 9.59 Å². The monoisotopic (exact) mass is 659 g/mol. The second kappa shape index (κ2) is 13.3. The minimum absolute atomic E-state index is 0.140. The fraction of sp³-hybridized carbons (Fsp3) is 0.444. The molecule has 7 nitrogen and oxygen atoms in total. The van der Waals surface area contributed by atoms with Gasteiger partial charge in [0, 0.05) is 43.1 Å². The minimum atomic E-state index is -0.220. The van der Waals surface area contributed by atoms with Gasteiger partial charge in [-0.15, -0.1) is 0 Å². The van der Waals surface area contributed by atoms with Crippen molar-refractivity contribution in [3.8, 4) is 11.5 Å². The highest BCUT2D eigenvalue weighted by molar-refractivity contribution is 9.10. The van der Waals surface area contributed by atoms with Crippen LogP contribution < -0.4 is 9.47 Å². The summed E-state index contributed by atoms with van der Waals surface area (Å²) in [6.07, 6.45) is 3.10. The Morgan fingerprint density at radius 3 is 2.25 bits per heavy atom. The largest absolute Gasteiger partial charge is 0.493 e. The third-order valence-electron chi connectivity index (χ3n) is 10.0. The number of carbonyl (C=O) groups excluding carboxylic acids is 2. The first-order chi connectivity index (χ1) is 21.4. The van der Waals surface area contributed by atoms with E-state index < -0.39 is 0 Å². The summed E-state index contributed by atoms with van der Waals surface area (Å²) in [5.74, 6) is 2.40. The van der Waals surface area contributed by atoms with Gasteiger partial charge in [0.05, 0.1) is 26.1 Å². The number of ether oxygens (including phenoxy) is 2. The number of hydrogen-bond donors (Lipinski definition) is 0. The number of rotatable bonds is 9. The molecule has 2 atom stereocenters. The van der Waals surface area contributed by atoms with E-state index in [1.165, 1.54) is 11.1 Å². The second-order valence-corrected chi connectivity index (χ2v) is 13.5. The number of piperidine rings is 1. The Bertz CT molecular complexity index is 1460. The van der Waals surface area contributed by atoms with Crippen LogP contribution in [0.3, 0.4) is 0 Å². The standard InChI is InChI=1S/C36H42BrN3O4/c1-43-32-13-10-27(20-33(32)44-2)21-34(41)40-24-29(31(25-40)28-6-4-3-5-7-28)23-38-17-14-36(15-18-38)16-19-39(35(36)42)22-26-8-11-30(37)12-9-26/h3-13,20,29,31H,14-19,21-25H2,1-2H3. The van der Waals surface area contributed by atoms with Crippen LogP contribution in [0, 0.1) is 11.3 Å². The first kappa shape index (κ1) is 30.7. The van der Waals surface area contributed by atoms with Gasteiger partial charge >= 0.3 is 0 Å². The van der Waals surface area contributed by atoms with E-state index in [1.54, 1.807) is 14.2 Å². The quantitative estimate of drug-likeness (QED) is 0.292. The van der Waals surface area contributed by atoms with Crippen molar-refractivity contribution in [2.75, 3.05) is 53.5 Å². The first-order valence-corrected chi connectivity index (χ1v) is 16.5. The maximum atomic E-state index is 13.6. The number of nitrogens with zero attached hydrogens (tertiary/aromatic N) is 3. The summed E-state index contributed by atoms with van der Waals surface area (Å²) in [5.41, 5.74) is 3.17. The van der Waals surface area contributed by atoms with E-state index in [9.17, 15) is 9.59 Å². The molecular formula is C36H42BrN3O4. The molecule has 3 fully saturated rings. The molecule has 0 N–H and O–H groups in total. The number of hydrogen-bond acceptors (Lipinski definition) is 5. The lowest BCUT2D eigenvalue weighted by Gasteiger charge is -2.39. The number of methoxy groups -OCH3 is 2. The van der Waals surface area contributed by atoms with Gasteiger partial charge in [-0.2, -0.15) is 0 Å². The van der Waals surface area contributed by atoms with Crippen molar-refractivity contribution in [2.24, 2.45) is 11.3 Å². The Balaban J connectivity index is 1.09. The molecule has 0 aromatic heterocycles. The number of benzene rings is 3. The maximum Gasteiger partial charge on any atom is 0.229 e. The lowest BCUT2D eigenvalue weighted by Crippen LogP contribution is -2.46. The molecule has 8 heteroatoms. The summed E-state index contributed by atoms with van der Waals surface area (Å²) >= 11 is 3.50. The Labute approximate surface area is 269 Å². The van der Waals surface area contributed by atoms with Gasteiger partial charge in [0.15, 0.2) is 11.5 Å². The Morgan fingerprint density at radius 1 is 0.864 bits per heavy atom. The molecular weight excluding hydrogens is 618 g/mol. The van der Waals surface area contributed by atoms with E-state index in [2.05, 4.69) is 68.2 Å². The molecule has 2 amide bonds. The Hall–Kier alpha value is -3.36. The van der Waals surface area contributed by atoms with Gasteiger partial charge in [-0.25, -0.2) is 0 Å². The van der Waals surface area contributed by atoms with Crippen molar-refractivity contribution in [1.29, 1.82) is 0 Å². The Morgan fingerprint density at radius 2 is 1.55 bits per heavy atom. The van der Waals surface area contributed by atoms with Gasteiger partial charge < -0.3 is 24.2 Å². The minimum Gasteiger partial charge on any atom is -0.493 e. The van der Waals surface area contributed by atoms with Gasteiger partial charge in [-0.1, -0.05) is 64.5 Å². The number of halogens is 1. The molecule has 3 aromatic rings. The van der Waals surface area contributed by atoms with Crippen LogP contribution in [0.1, 0.15) is 41.9 Å². The average molecular weight is 661 g/mol. The van der Waals surface area contributed by atoms with E-state index in [0.29, 0.717) is 36.3 Å². The van der Waals surface area contributed by atoms with Crippen LogP contribution in [0.4, 0.5) is 0 Å². The SMILES string of the molecule is COc1ccc(CC(=O)N2CC(CN3CCC4(CC3)CCN(Cc3ccc(Br)cc3)C4=O)C(c3ccccc3)C2)cc1OC. The molecule has 0 aliphatic carbocycles. The van der Waals surface area contributed by atoms with E-state index in [4.69, 9.17) is 9.47 Å². The predicted octanol–water partition coefficient (Wildman–Crippen LogP) is 5.77. The molecule has 1 spiro atoms. The topological polar surface area (TPSA) is 62.3 Å². The highest BCUT2D eigenvalue weighted by Crippen LogP contribution is 2.43. The van der Waals surface area contributed by atoms with E-state index in [-0.39, 0.29) is 17.2 Å².